The highest BCUT2D eigenvalue weighted by Gasteiger charge is 2.56. The van der Waals surface area contributed by atoms with Gasteiger partial charge in [0.25, 0.3) is 5.79 Å². The molecule has 0 heterocycles. The van der Waals surface area contributed by atoms with E-state index in [0.29, 0.717) is 0 Å². The van der Waals surface area contributed by atoms with E-state index in [4.69, 9.17) is 11.6 Å². The Balaban J connectivity index is 3.23. The molecule has 0 saturated carbocycles. The Kier molecular flexibility index (Phi) is 3.28. The monoisotopic (exact) mass is 240 g/mol. The molecule has 0 radical (unpaired) electrons. The van der Waals surface area contributed by atoms with Crippen LogP contribution in [0.3, 0.4) is 0 Å². The molecule has 0 aromatic heterocycles. The average Bonchev–Trinajstić information content (AvgIpc) is 2.14. The molecule has 2 nitrogen and oxygen atoms in total. The minimum absolute atomic E-state index is 0.0900. The lowest BCUT2D eigenvalue weighted by Gasteiger charge is -2.28. The van der Waals surface area contributed by atoms with E-state index in [9.17, 15) is 18.3 Å². The normalized spacial score (nSPS) is 16.1. The van der Waals surface area contributed by atoms with Gasteiger partial charge in [-0.3, -0.25) is 0 Å². The first-order chi connectivity index (χ1) is 6.81. The van der Waals surface area contributed by atoms with Crippen LogP contribution in [0.2, 0.25) is 5.02 Å². The van der Waals surface area contributed by atoms with Crippen molar-refractivity contribution in [3.63, 3.8) is 0 Å². The van der Waals surface area contributed by atoms with Gasteiger partial charge in [0.2, 0.25) is 0 Å². The van der Waals surface area contributed by atoms with Gasteiger partial charge in [-0.05, 0) is 12.1 Å². The van der Waals surface area contributed by atoms with Crippen molar-refractivity contribution in [3.8, 4) is 0 Å². The molecule has 0 spiro atoms. The number of benzene rings is 1. The molecule has 0 aliphatic carbocycles. The topological polar surface area (TPSA) is 29.5 Å². The molecule has 15 heavy (non-hydrogen) atoms. The summed E-state index contributed by atoms with van der Waals surface area (Å²) < 4.78 is 41.6. The van der Waals surface area contributed by atoms with Gasteiger partial charge in [-0.1, -0.05) is 23.7 Å². The van der Waals surface area contributed by atoms with E-state index in [1.54, 1.807) is 0 Å². The van der Waals surface area contributed by atoms with Crippen molar-refractivity contribution in [3.05, 3.63) is 34.9 Å². The Bertz CT molecular complexity index is 353. The molecule has 0 aliphatic heterocycles. The SMILES string of the molecule is COC(O)(c1cccc(Cl)c1)C(F)(F)F. The molecule has 0 aliphatic rings. The fourth-order valence-corrected chi connectivity index (χ4v) is 1.29. The molecular formula is C9H8ClF3O2. The molecule has 1 rings (SSSR count). The number of halogens is 4. The van der Waals surface area contributed by atoms with Crippen LogP contribution in [0.15, 0.2) is 24.3 Å². The van der Waals surface area contributed by atoms with Crippen LogP contribution in [0.25, 0.3) is 0 Å². The van der Waals surface area contributed by atoms with Crippen molar-refractivity contribution in [2.24, 2.45) is 0 Å². The first-order valence-corrected chi connectivity index (χ1v) is 4.29. The van der Waals surface area contributed by atoms with Gasteiger partial charge in [-0.2, -0.15) is 13.2 Å². The zero-order valence-corrected chi connectivity index (χ0v) is 8.43. The van der Waals surface area contributed by atoms with Crippen LogP contribution < -0.4 is 0 Å². The maximum absolute atomic E-state index is 12.5. The third-order valence-corrected chi connectivity index (χ3v) is 2.13. The third kappa shape index (κ3) is 2.25. The van der Waals surface area contributed by atoms with Crippen LogP contribution >= 0.6 is 11.6 Å². The van der Waals surface area contributed by atoms with Gasteiger partial charge in [-0.25, -0.2) is 0 Å². The summed E-state index contributed by atoms with van der Waals surface area (Å²) in [6.07, 6.45) is -4.92. The fraction of sp³-hybridized carbons (Fsp3) is 0.333. The number of rotatable bonds is 2. The number of hydrogen-bond acceptors (Lipinski definition) is 2. The van der Waals surface area contributed by atoms with Crippen molar-refractivity contribution >= 4 is 11.6 Å². The average molecular weight is 241 g/mol. The quantitative estimate of drug-likeness (QED) is 0.806. The predicted molar refractivity (Wildman–Crippen MR) is 48.4 cm³/mol. The van der Waals surface area contributed by atoms with E-state index in [1.807, 2.05) is 0 Å². The summed E-state index contributed by atoms with van der Waals surface area (Å²) in [7, 11) is 0.772. The van der Waals surface area contributed by atoms with Crippen molar-refractivity contribution < 1.29 is 23.0 Å². The maximum Gasteiger partial charge on any atom is 0.448 e. The minimum Gasteiger partial charge on any atom is -0.355 e. The lowest BCUT2D eigenvalue weighted by atomic mass is 10.1. The van der Waals surface area contributed by atoms with Crippen LogP contribution in [-0.4, -0.2) is 18.4 Å². The lowest BCUT2D eigenvalue weighted by Crippen LogP contribution is -2.43. The Morgan fingerprint density at radius 2 is 1.93 bits per heavy atom. The number of aliphatic hydroxyl groups is 1. The van der Waals surface area contributed by atoms with Crippen molar-refractivity contribution in [2.75, 3.05) is 7.11 Å². The molecule has 1 unspecified atom stereocenters. The van der Waals surface area contributed by atoms with Crippen LogP contribution in [0.1, 0.15) is 5.56 Å². The van der Waals surface area contributed by atoms with Gasteiger partial charge in [0, 0.05) is 17.7 Å². The van der Waals surface area contributed by atoms with Crippen LogP contribution in [0.4, 0.5) is 13.2 Å². The second-order valence-corrected chi connectivity index (χ2v) is 3.29. The highest BCUT2D eigenvalue weighted by Crippen LogP contribution is 2.39. The molecule has 0 amide bonds. The first kappa shape index (κ1) is 12.3. The summed E-state index contributed by atoms with van der Waals surface area (Å²) in [4.78, 5) is 0. The van der Waals surface area contributed by atoms with Crippen LogP contribution in [-0.2, 0) is 10.5 Å². The van der Waals surface area contributed by atoms with Gasteiger partial charge in [0.05, 0.1) is 0 Å². The lowest BCUT2D eigenvalue weighted by molar-refractivity contribution is -0.367. The summed E-state index contributed by atoms with van der Waals surface area (Å²) in [5.41, 5.74) is -0.454. The minimum atomic E-state index is -4.92. The van der Waals surface area contributed by atoms with E-state index >= 15 is 0 Å². The highest BCUT2D eigenvalue weighted by atomic mass is 35.5. The zero-order valence-electron chi connectivity index (χ0n) is 7.68. The van der Waals surface area contributed by atoms with Gasteiger partial charge in [-0.15, -0.1) is 0 Å². The molecule has 6 heteroatoms. The number of hydrogen-bond donors (Lipinski definition) is 1. The summed E-state index contributed by atoms with van der Waals surface area (Å²) >= 11 is 5.52. The number of methoxy groups -OCH3 is 1. The number of ether oxygens (including phenoxy) is 1. The second-order valence-electron chi connectivity index (χ2n) is 2.86. The second kappa shape index (κ2) is 4.00. The molecule has 0 saturated heterocycles. The van der Waals surface area contributed by atoms with E-state index in [1.165, 1.54) is 12.1 Å². The molecule has 1 aromatic carbocycles. The molecule has 84 valence electrons. The van der Waals surface area contributed by atoms with Crippen molar-refractivity contribution in [1.29, 1.82) is 0 Å². The summed E-state index contributed by atoms with van der Waals surface area (Å²) in [5.74, 6) is -3.32. The Morgan fingerprint density at radius 1 is 1.33 bits per heavy atom. The molecule has 0 bridgehead atoms. The standard InChI is InChI=1S/C9H8ClF3O2/c1-15-8(14,9(11,12)13)6-3-2-4-7(10)5-6/h2-5,14H,1H3. The Hall–Kier alpha value is -0.780. The third-order valence-electron chi connectivity index (χ3n) is 1.90. The predicted octanol–water partition coefficient (Wildman–Crippen LogP) is 2.69. The summed E-state index contributed by atoms with van der Waals surface area (Å²) in [6.45, 7) is 0. The Morgan fingerprint density at radius 3 is 2.33 bits per heavy atom. The molecule has 1 aromatic rings. The van der Waals surface area contributed by atoms with E-state index in [2.05, 4.69) is 4.74 Å². The summed E-state index contributed by atoms with van der Waals surface area (Å²) in [6, 6.07) is 4.78. The highest BCUT2D eigenvalue weighted by molar-refractivity contribution is 6.30. The molecule has 0 fully saturated rings. The molecule has 1 atom stereocenters. The van der Waals surface area contributed by atoms with E-state index < -0.39 is 17.5 Å². The fourth-order valence-electron chi connectivity index (χ4n) is 1.10. The molecular weight excluding hydrogens is 233 g/mol. The van der Waals surface area contributed by atoms with E-state index in [-0.39, 0.29) is 5.02 Å². The smallest absolute Gasteiger partial charge is 0.355 e. The zero-order chi connectivity index (χ0) is 11.7. The van der Waals surface area contributed by atoms with Crippen molar-refractivity contribution in [2.45, 2.75) is 12.0 Å². The maximum atomic E-state index is 12.5. The van der Waals surface area contributed by atoms with E-state index in [0.717, 1.165) is 19.2 Å². The van der Waals surface area contributed by atoms with Gasteiger partial charge >= 0.3 is 6.18 Å². The van der Waals surface area contributed by atoms with Gasteiger partial charge < -0.3 is 9.84 Å². The first-order valence-electron chi connectivity index (χ1n) is 3.91. The van der Waals surface area contributed by atoms with Crippen LogP contribution in [0.5, 0.6) is 0 Å². The Labute approximate surface area is 89.2 Å². The van der Waals surface area contributed by atoms with Gasteiger partial charge in [0.1, 0.15) is 0 Å². The van der Waals surface area contributed by atoms with Gasteiger partial charge in [0.15, 0.2) is 0 Å². The largest absolute Gasteiger partial charge is 0.448 e. The summed E-state index contributed by atoms with van der Waals surface area (Å²) in [5, 5.41) is 9.44. The van der Waals surface area contributed by atoms with Crippen molar-refractivity contribution in [1.82, 2.24) is 0 Å². The number of alkyl halides is 3. The van der Waals surface area contributed by atoms with Crippen LogP contribution in [0, 0.1) is 0 Å². The molecule has 1 N–H and O–H groups in total.